The fraction of sp³-hybridized carbons (Fsp3) is 0.435. The third-order valence-corrected chi connectivity index (χ3v) is 5.26. The Morgan fingerprint density at radius 1 is 1.04 bits per heavy atom. The molecule has 2 aromatic rings. The van der Waals surface area contributed by atoms with Crippen LogP contribution >= 0.6 is 0 Å². The molecule has 2 heteroatoms. The maximum Gasteiger partial charge on any atom is 0.0635 e. The summed E-state index contributed by atoms with van der Waals surface area (Å²) in [4.78, 5) is 4.71. The van der Waals surface area contributed by atoms with Gasteiger partial charge < -0.3 is 4.74 Å². The molecular formula is C23H29NO. The van der Waals surface area contributed by atoms with Gasteiger partial charge in [0.1, 0.15) is 0 Å². The Hall–Kier alpha value is -1.93. The van der Waals surface area contributed by atoms with E-state index in [9.17, 15) is 0 Å². The van der Waals surface area contributed by atoms with Crippen LogP contribution in [0.15, 0.2) is 59.6 Å². The van der Waals surface area contributed by atoms with Crippen LogP contribution in [0.1, 0.15) is 49.8 Å². The molecule has 3 rings (SSSR count). The standard InChI is InChI=1S/C23H29NO/c1-19-9-11-21(12-10-19)23(14-16-25-22(2,3)18-23)13-15-24-17-20-7-5-4-6-8-20/h4-12,17H,13-16,18H2,1-3H3/t23-/m0/s1. The van der Waals surface area contributed by atoms with Gasteiger partial charge in [-0.1, -0.05) is 60.2 Å². The summed E-state index contributed by atoms with van der Waals surface area (Å²) < 4.78 is 6.00. The molecule has 0 saturated carbocycles. The van der Waals surface area contributed by atoms with Gasteiger partial charge in [-0.25, -0.2) is 0 Å². The summed E-state index contributed by atoms with van der Waals surface area (Å²) in [6.07, 6.45) is 5.17. The Balaban J connectivity index is 1.77. The molecule has 0 radical (unpaired) electrons. The van der Waals surface area contributed by atoms with Crippen molar-refractivity contribution in [2.75, 3.05) is 13.2 Å². The SMILES string of the molecule is Cc1ccc([C@@]2(CCN=Cc3ccccc3)CCOC(C)(C)C2)cc1. The zero-order valence-electron chi connectivity index (χ0n) is 15.7. The highest BCUT2D eigenvalue weighted by atomic mass is 16.5. The molecule has 0 aromatic heterocycles. The van der Waals surface area contributed by atoms with Crippen LogP contribution in [0.25, 0.3) is 0 Å². The summed E-state index contributed by atoms with van der Waals surface area (Å²) in [5.74, 6) is 0. The average Bonchev–Trinajstić information content (AvgIpc) is 2.59. The fourth-order valence-corrected chi connectivity index (χ4v) is 3.98. The molecule has 1 saturated heterocycles. The predicted molar refractivity (Wildman–Crippen MR) is 106 cm³/mol. The van der Waals surface area contributed by atoms with E-state index in [0.29, 0.717) is 0 Å². The molecular weight excluding hydrogens is 306 g/mol. The third kappa shape index (κ3) is 4.58. The molecule has 1 heterocycles. The van der Waals surface area contributed by atoms with Gasteiger partial charge in [0, 0.05) is 24.8 Å². The van der Waals surface area contributed by atoms with E-state index in [-0.39, 0.29) is 11.0 Å². The molecule has 0 amide bonds. The first-order chi connectivity index (χ1) is 12.0. The van der Waals surface area contributed by atoms with Crippen molar-refractivity contribution < 1.29 is 4.74 Å². The van der Waals surface area contributed by atoms with Crippen molar-refractivity contribution in [3.63, 3.8) is 0 Å². The lowest BCUT2D eigenvalue weighted by Crippen LogP contribution is -2.44. The molecule has 0 unspecified atom stereocenters. The van der Waals surface area contributed by atoms with Crippen LogP contribution in [0.4, 0.5) is 0 Å². The van der Waals surface area contributed by atoms with Gasteiger partial charge in [-0.15, -0.1) is 0 Å². The van der Waals surface area contributed by atoms with E-state index in [1.807, 2.05) is 12.3 Å². The largest absolute Gasteiger partial charge is 0.376 e. The van der Waals surface area contributed by atoms with Crippen LogP contribution in [0.5, 0.6) is 0 Å². The minimum Gasteiger partial charge on any atom is -0.376 e. The zero-order chi connectivity index (χ0) is 17.8. The number of hydrogen-bond acceptors (Lipinski definition) is 2. The maximum absolute atomic E-state index is 6.00. The molecule has 25 heavy (non-hydrogen) atoms. The number of aryl methyl sites for hydroxylation is 1. The molecule has 132 valence electrons. The van der Waals surface area contributed by atoms with Crippen molar-refractivity contribution in [3.8, 4) is 0 Å². The highest BCUT2D eigenvalue weighted by Crippen LogP contribution is 2.44. The van der Waals surface area contributed by atoms with Crippen LogP contribution < -0.4 is 0 Å². The highest BCUT2D eigenvalue weighted by Gasteiger charge is 2.41. The second-order valence-electron chi connectivity index (χ2n) is 7.88. The number of hydrogen-bond donors (Lipinski definition) is 0. The van der Waals surface area contributed by atoms with Gasteiger partial charge in [0.15, 0.2) is 0 Å². The second-order valence-corrected chi connectivity index (χ2v) is 7.88. The topological polar surface area (TPSA) is 21.6 Å². The molecule has 2 nitrogen and oxygen atoms in total. The summed E-state index contributed by atoms with van der Waals surface area (Å²) in [7, 11) is 0. The van der Waals surface area contributed by atoms with E-state index in [0.717, 1.165) is 32.4 Å². The average molecular weight is 335 g/mol. The van der Waals surface area contributed by atoms with Crippen LogP contribution in [0.3, 0.4) is 0 Å². The minimum atomic E-state index is -0.0771. The van der Waals surface area contributed by atoms with Crippen molar-refractivity contribution in [3.05, 3.63) is 71.3 Å². The molecule has 0 bridgehead atoms. The lowest BCUT2D eigenvalue weighted by atomic mass is 9.67. The number of rotatable bonds is 5. The van der Waals surface area contributed by atoms with E-state index in [2.05, 4.69) is 69.3 Å². The van der Waals surface area contributed by atoms with Crippen LogP contribution in [-0.2, 0) is 10.2 Å². The zero-order valence-corrected chi connectivity index (χ0v) is 15.7. The van der Waals surface area contributed by atoms with Crippen molar-refractivity contribution >= 4 is 6.21 Å². The molecule has 0 N–H and O–H groups in total. The molecule has 2 aromatic carbocycles. The molecule has 1 atom stereocenters. The molecule has 1 fully saturated rings. The second kappa shape index (κ2) is 7.53. The first-order valence-electron chi connectivity index (χ1n) is 9.25. The van der Waals surface area contributed by atoms with E-state index < -0.39 is 0 Å². The maximum atomic E-state index is 6.00. The Kier molecular flexibility index (Phi) is 5.39. The van der Waals surface area contributed by atoms with E-state index in [1.54, 1.807) is 0 Å². The molecule has 0 spiro atoms. The van der Waals surface area contributed by atoms with Crippen LogP contribution in [0, 0.1) is 6.92 Å². The summed E-state index contributed by atoms with van der Waals surface area (Å²) >= 11 is 0. The summed E-state index contributed by atoms with van der Waals surface area (Å²) in [5.41, 5.74) is 3.99. The van der Waals surface area contributed by atoms with Crippen LogP contribution in [0.2, 0.25) is 0 Å². The Morgan fingerprint density at radius 2 is 1.76 bits per heavy atom. The van der Waals surface area contributed by atoms with Gasteiger partial charge in [-0.05, 0) is 51.2 Å². The van der Waals surface area contributed by atoms with Gasteiger partial charge in [-0.3, -0.25) is 4.99 Å². The number of ether oxygens (including phenoxy) is 1. The first kappa shape index (κ1) is 17.9. The summed E-state index contributed by atoms with van der Waals surface area (Å²) in [6.45, 7) is 8.24. The van der Waals surface area contributed by atoms with Crippen LogP contribution in [-0.4, -0.2) is 25.0 Å². The quantitative estimate of drug-likeness (QED) is 0.677. The van der Waals surface area contributed by atoms with E-state index >= 15 is 0 Å². The van der Waals surface area contributed by atoms with Gasteiger partial charge >= 0.3 is 0 Å². The lowest BCUT2D eigenvalue weighted by Gasteiger charge is -2.45. The summed E-state index contributed by atoms with van der Waals surface area (Å²) in [5, 5.41) is 0. The molecule has 1 aliphatic rings. The number of benzene rings is 2. The van der Waals surface area contributed by atoms with E-state index in [1.165, 1.54) is 16.7 Å². The van der Waals surface area contributed by atoms with Crippen molar-refractivity contribution in [2.45, 2.75) is 51.0 Å². The number of nitrogens with zero attached hydrogens (tertiary/aromatic N) is 1. The Labute approximate surface area is 152 Å². The Bertz CT molecular complexity index is 703. The highest BCUT2D eigenvalue weighted by molar-refractivity contribution is 5.79. The van der Waals surface area contributed by atoms with Gasteiger partial charge in [0.05, 0.1) is 5.60 Å². The lowest BCUT2D eigenvalue weighted by molar-refractivity contribution is -0.0836. The Morgan fingerprint density at radius 3 is 2.44 bits per heavy atom. The van der Waals surface area contributed by atoms with E-state index in [4.69, 9.17) is 9.73 Å². The van der Waals surface area contributed by atoms with Crippen molar-refractivity contribution in [2.24, 2.45) is 4.99 Å². The van der Waals surface area contributed by atoms with Gasteiger partial charge in [0.25, 0.3) is 0 Å². The smallest absolute Gasteiger partial charge is 0.0635 e. The molecule has 0 aliphatic carbocycles. The monoisotopic (exact) mass is 335 g/mol. The third-order valence-electron chi connectivity index (χ3n) is 5.26. The van der Waals surface area contributed by atoms with Crippen molar-refractivity contribution in [1.29, 1.82) is 0 Å². The minimum absolute atomic E-state index is 0.0771. The van der Waals surface area contributed by atoms with Gasteiger partial charge in [-0.2, -0.15) is 0 Å². The number of aliphatic imine (C=N–C) groups is 1. The first-order valence-corrected chi connectivity index (χ1v) is 9.25. The van der Waals surface area contributed by atoms with Gasteiger partial charge in [0.2, 0.25) is 0 Å². The predicted octanol–water partition coefficient (Wildman–Crippen LogP) is 5.33. The fourth-order valence-electron chi connectivity index (χ4n) is 3.98. The molecule has 1 aliphatic heterocycles. The summed E-state index contributed by atoms with van der Waals surface area (Å²) in [6, 6.07) is 19.4. The normalized spacial score (nSPS) is 23.0. The van der Waals surface area contributed by atoms with Crippen molar-refractivity contribution in [1.82, 2.24) is 0 Å².